The SMILES string of the molecule is COCCN1CCN(CCOc2ccc(C#N)cc2)CC1C. The maximum absolute atomic E-state index is 8.77. The van der Waals surface area contributed by atoms with E-state index in [-0.39, 0.29) is 0 Å². The van der Waals surface area contributed by atoms with Crippen molar-refractivity contribution in [3.63, 3.8) is 0 Å². The number of hydrogen-bond acceptors (Lipinski definition) is 5. The fourth-order valence-corrected chi connectivity index (χ4v) is 2.73. The van der Waals surface area contributed by atoms with Gasteiger partial charge in [-0.2, -0.15) is 5.26 Å². The Kier molecular flexibility index (Phi) is 6.66. The molecule has 1 saturated heterocycles. The van der Waals surface area contributed by atoms with Gasteiger partial charge in [0.05, 0.1) is 18.2 Å². The van der Waals surface area contributed by atoms with Gasteiger partial charge in [0.15, 0.2) is 0 Å². The fraction of sp³-hybridized carbons (Fsp3) is 0.588. The largest absolute Gasteiger partial charge is 0.492 e. The van der Waals surface area contributed by atoms with Crippen molar-refractivity contribution >= 4 is 0 Å². The minimum absolute atomic E-state index is 0.554. The summed E-state index contributed by atoms with van der Waals surface area (Å²) in [7, 11) is 1.75. The van der Waals surface area contributed by atoms with Crippen molar-refractivity contribution in [2.75, 3.05) is 53.0 Å². The maximum Gasteiger partial charge on any atom is 0.119 e. The van der Waals surface area contributed by atoms with Crippen LogP contribution in [0.3, 0.4) is 0 Å². The standard InChI is InChI=1S/C17H25N3O2/c1-15-14-19(7-8-20(15)10-11-21-2)9-12-22-17-5-3-16(13-18)4-6-17/h3-6,15H,7-12,14H2,1-2H3. The summed E-state index contributed by atoms with van der Waals surface area (Å²) in [4.78, 5) is 4.92. The number of piperazine rings is 1. The molecule has 1 heterocycles. The number of nitriles is 1. The third-order valence-corrected chi connectivity index (χ3v) is 4.09. The average Bonchev–Trinajstić information content (AvgIpc) is 2.55. The van der Waals surface area contributed by atoms with E-state index in [0.29, 0.717) is 18.2 Å². The molecular formula is C17H25N3O2. The molecule has 0 amide bonds. The second-order valence-corrected chi connectivity index (χ2v) is 5.66. The summed E-state index contributed by atoms with van der Waals surface area (Å²) in [5.74, 6) is 0.825. The van der Waals surface area contributed by atoms with E-state index in [2.05, 4.69) is 22.8 Å². The van der Waals surface area contributed by atoms with Crippen LogP contribution in [0.4, 0.5) is 0 Å². The highest BCUT2D eigenvalue weighted by molar-refractivity contribution is 5.34. The highest BCUT2D eigenvalue weighted by Crippen LogP contribution is 2.12. The minimum atomic E-state index is 0.554. The summed E-state index contributed by atoms with van der Waals surface area (Å²) in [6.07, 6.45) is 0. The van der Waals surface area contributed by atoms with E-state index in [4.69, 9.17) is 14.7 Å². The molecule has 1 unspecified atom stereocenters. The lowest BCUT2D eigenvalue weighted by Crippen LogP contribution is -2.53. The van der Waals surface area contributed by atoms with Crippen LogP contribution >= 0.6 is 0 Å². The van der Waals surface area contributed by atoms with Crippen molar-refractivity contribution in [3.8, 4) is 11.8 Å². The van der Waals surface area contributed by atoms with Crippen LogP contribution in [-0.2, 0) is 4.74 Å². The van der Waals surface area contributed by atoms with Gasteiger partial charge in [-0.3, -0.25) is 9.80 Å². The van der Waals surface area contributed by atoms with E-state index in [1.54, 1.807) is 19.2 Å². The second-order valence-electron chi connectivity index (χ2n) is 5.66. The third-order valence-electron chi connectivity index (χ3n) is 4.09. The predicted octanol–water partition coefficient (Wildman–Crippen LogP) is 1.59. The summed E-state index contributed by atoms with van der Waals surface area (Å²) >= 11 is 0. The summed E-state index contributed by atoms with van der Waals surface area (Å²) in [5.41, 5.74) is 0.661. The topological polar surface area (TPSA) is 48.7 Å². The lowest BCUT2D eigenvalue weighted by Gasteiger charge is -2.39. The van der Waals surface area contributed by atoms with Crippen molar-refractivity contribution in [3.05, 3.63) is 29.8 Å². The van der Waals surface area contributed by atoms with Gasteiger partial charge in [-0.25, -0.2) is 0 Å². The van der Waals surface area contributed by atoms with E-state index >= 15 is 0 Å². The van der Waals surface area contributed by atoms with Gasteiger partial charge in [-0.15, -0.1) is 0 Å². The van der Waals surface area contributed by atoms with Gasteiger partial charge < -0.3 is 9.47 Å². The summed E-state index contributed by atoms with van der Waals surface area (Å²) in [6, 6.07) is 9.93. The predicted molar refractivity (Wildman–Crippen MR) is 86.0 cm³/mol. The molecule has 0 spiro atoms. The molecular weight excluding hydrogens is 278 g/mol. The van der Waals surface area contributed by atoms with Crippen LogP contribution in [-0.4, -0.2) is 68.9 Å². The Hall–Kier alpha value is -1.61. The Labute approximate surface area is 133 Å². The average molecular weight is 303 g/mol. The number of rotatable bonds is 7. The molecule has 0 N–H and O–H groups in total. The smallest absolute Gasteiger partial charge is 0.119 e. The Morgan fingerprint density at radius 3 is 2.59 bits per heavy atom. The molecule has 1 aliphatic rings. The summed E-state index contributed by atoms with van der Waals surface area (Å²) in [6.45, 7) is 8.91. The lowest BCUT2D eigenvalue weighted by molar-refractivity contribution is 0.0531. The van der Waals surface area contributed by atoms with Crippen LogP contribution in [0.2, 0.25) is 0 Å². The molecule has 22 heavy (non-hydrogen) atoms. The monoisotopic (exact) mass is 303 g/mol. The molecule has 1 aliphatic heterocycles. The van der Waals surface area contributed by atoms with Crippen molar-refractivity contribution in [2.45, 2.75) is 13.0 Å². The lowest BCUT2D eigenvalue weighted by atomic mass is 10.2. The number of ether oxygens (including phenoxy) is 2. The molecule has 1 atom stereocenters. The Balaban J connectivity index is 1.68. The van der Waals surface area contributed by atoms with E-state index in [0.717, 1.165) is 45.1 Å². The first kappa shape index (κ1) is 16.8. The van der Waals surface area contributed by atoms with Gasteiger partial charge in [-0.05, 0) is 31.2 Å². The highest BCUT2D eigenvalue weighted by Gasteiger charge is 2.22. The first-order valence-corrected chi connectivity index (χ1v) is 7.81. The van der Waals surface area contributed by atoms with Gasteiger partial charge >= 0.3 is 0 Å². The number of benzene rings is 1. The minimum Gasteiger partial charge on any atom is -0.492 e. The van der Waals surface area contributed by atoms with E-state index < -0.39 is 0 Å². The zero-order valence-corrected chi connectivity index (χ0v) is 13.5. The van der Waals surface area contributed by atoms with Crippen LogP contribution in [0.25, 0.3) is 0 Å². The molecule has 0 saturated carbocycles. The molecule has 5 heteroatoms. The number of nitrogens with zero attached hydrogens (tertiary/aromatic N) is 3. The second kappa shape index (κ2) is 8.74. The highest BCUT2D eigenvalue weighted by atomic mass is 16.5. The van der Waals surface area contributed by atoms with Crippen molar-refractivity contribution in [1.29, 1.82) is 5.26 Å². The Morgan fingerprint density at radius 1 is 1.18 bits per heavy atom. The van der Waals surface area contributed by atoms with Crippen molar-refractivity contribution in [1.82, 2.24) is 9.80 Å². The Morgan fingerprint density at radius 2 is 1.95 bits per heavy atom. The maximum atomic E-state index is 8.77. The molecule has 1 aromatic carbocycles. The normalized spacial score (nSPS) is 19.8. The quantitative estimate of drug-likeness (QED) is 0.765. The van der Waals surface area contributed by atoms with E-state index in [1.807, 2.05) is 12.1 Å². The van der Waals surface area contributed by atoms with Gasteiger partial charge in [0.1, 0.15) is 12.4 Å². The van der Waals surface area contributed by atoms with Gasteiger partial charge in [0.25, 0.3) is 0 Å². The zero-order chi connectivity index (χ0) is 15.8. The van der Waals surface area contributed by atoms with Crippen LogP contribution in [0.5, 0.6) is 5.75 Å². The number of hydrogen-bond donors (Lipinski definition) is 0. The molecule has 120 valence electrons. The number of methoxy groups -OCH3 is 1. The van der Waals surface area contributed by atoms with Crippen molar-refractivity contribution < 1.29 is 9.47 Å². The van der Waals surface area contributed by atoms with Crippen LogP contribution in [0, 0.1) is 11.3 Å². The summed E-state index contributed by atoms with van der Waals surface area (Å²) in [5, 5.41) is 8.77. The zero-order valence-electron chi connectivity index (χ0n) is 13.5. The molecule has 0 aliphatic carbocycles. The first-order chi connectivity index (χ1) is 10.7. The van der Waals surface area contributed by atoms with Crippen LogP contribution in [0.1, 0.15) is 12.5 Å². The van der Waals surface area contributed by atoms with E-state index in [9.17, 15) is 0 Å². The van der Waals surface area contributed by atoms with Gasteiger partial charge in [0.2, 0.25) is 0 Å². The molecule has 1 aromatic rings. The molecule has 0 bridgehead atoms. The molecule has 1 fully saturated rings. The third kappa shape index (κ3) is 4.99. The van der Waals surface area contributed by atoms with Crippen LogP contribution in [0.15, 0.2) is 24.3 Å². The summed E-state index contributed by atoms with van der Waals surface area (Å²) < 4.78 is 10.9. The first-order valence-electron chi connectivity index (χ1n) is 7.81. The fourth-order valence-electron chi connectivity index (χ4n) is 2.73. The Bertz CT molecular complexity index is 484. The molecule has 2 rings (SSSR count). The molecule has 0 aromatic heterocycles. The molecule has 5 nitrogen and oxygen atoms in total. The van der Waals surface area contributed by atoms with Gasteiger partial charge in [0, 0.05) is 45.9 Å². The van der Waals surface area contributed by atoms with Crippen molar-refractivity contribution in [2.24, 2.45) is 0 Å². The van der Waals surface area contributed by atoms with Gasteiger partial charge in [-0.1, -0.05) is 0 Å². The van der Waals surface area contributed by atoms with E-state index in [1.165, 1.54) is 0 Å². The molecule has 0 radical (unpaired) electrons. The van der Waals surface area contributed by atoms with Crippen LogP contribution < -0.4 is 4.74 Å².